The van der Waals surface area contributed by atoms with E-state index in [0.717, 1.165) is 5.56 Å². The Hall–Kier alpha value is -4.83. The van der Waals surface area contributed by atoms with Crippen LogP contribution in [-0.2, 0) is 4.79 Å². The van der Waals surface area contributed by atoms with Crippen molar-refractivity contribution in [3.8, 4) is 22.9 Å². The lowest BCUT2D eigenvalue weighted by Gasteiger charge is -2.13. The van der Waals surface area contributed by atoms with Crippen molar-refractivity contribution in [2.24, 2.45) is 5.10 Å². The molecule has 5 aromatic rings. The van der Waals surface area contributed by atoms with E-state index in [4.69, 9.17) is 14.5 Å². The Morgan fingerprint density at radius 1 is 1.02 bits per heavy atom. The molecular weight excluding hydrogens is 579 g/mol. The highest BCUT2D eigenvalue weighted by molar-refractivity contribution is 9.10. The highest BCUT2D eigenvalue weighted by atomic mass is 79.9. The average Bonchev–Trinajstić information content (AvgIpc) is 2.98. The van der Waals surface area contributed by atoms with Gasteiger partial charge in [-0.15, -0.1) is 0 Å². The number of amides is 1. The fraction of sp³-hybridized carbons (Fsp3) is 0.0667. The monoisotopic (exact) mass is 600 g/mol. The fourth-order valence-corrected chi connectivity index (χ4v) is 4.36. The molecule has 0 aliphatic heterocycles. The molecule has 1 amide bonds. The molecule has 0 fully saturated rings. The van der Waals surface area contributed by atoms with E-state index in [9.17, 15) is 14.0 Å². The van der Waals surface area contributed by atoms with Crippen LogP contribution in [0.4, 0.5) is 10.1 Å². The summed E-state index contributed by atoms with van der Waals surface area (Å²) in [6, 6.07) is 25.5. The third kappa shape index (κ3) is 5.76. The number of anilines is 1. The molecule has 0 radical (unpaired) electrons. The van der Waals surface area contributed by atoms with E-state index in [1.54, 1.807) is 36.4 Å². The molecule has 0 unspecified atom stereocenters. The molecule has 200 valence electrons. The number of rotatable bonds is 8. The van der Waals surface area contributed by atoms with Crippen LogP contribution in [0, 0.1) is 5.82 Å². The Morgan fingerprint density at radius 2 is 1.75 bits per heavy atom. The van der Waals surface area contributed by atoms with E-state index in [0.29, 0.717) is 32.5 Å². The maximum atomic E-state index is 13.8. The largest absolute Gasteiger partial charge is 0.493 e. The minimum absolute atomic E-state index is 0.0594. The van der Waals surface area contributed by atoms with Crippen molar-refractivity contribution in [3.05, 3.63) is 117 Å². The number of carbonyl (C=O) groups excluding carboxylic acids is 1. The lowest BCUT2D eigenvalue weighted by molar-refractivity contribution is -0.118. The summed E-state index contributed by atoms with van der Waals surface area (Å²) < 4.78 is 26.8. The van der Waals surface area contributed by atoms with Crippen LogP contribution in [0.15, 0.2) is 105 Å². The molecule has 0 aliphatic rings. The zero-order valence-corrected chi connectivity index (χ0v) is 22.8. The SMILES string of the molecule is COc1cc(C=Nn2c(-c3ccccc3)nc3ccccc3c2=O)c(Br)cc1OCC(=O)Nc1ccccc1F. The van der Waals surface area contributed by atoms with Gasteiger partial charge in [-0.1, -0.05) is 54.6 Å². The molecule has 10 heteroatoms. The third-order valence-corrected chi connectivity index (χ3v) is 6.57. The maximum absolute atomic E-state index is 13.8. The van der Waals surface area contributed by atoms with Gasteiger partial charge in [0.2, 0.25) is 0 Å². The van der Waals surface area contributed by atoms with Gasteiger partial charge < -0.3 is 14.8 Å². The first-order chi connectivity index (χ1) is 19.4. The van der Waals surface area contributed by atoms with Gasteiger partial charge in [-0.2, -0.15) is 9.78 Å². The molecule has 1 N–H and O–H groups in total. The van der Waals surface area contributed by atoms with Crippen molar-refractivity contribution < 1.29 is 18.7 Å². The lowest BCUT2D eigenvalue weighted by atomic mass is 10.2. The highest BCUT2D eigenvalue weighted by Gasteiger charge is 2.15. The average molecular weight is 601 g/mol. The molecule has 1 heterocycles. The Kier molecular flexibility index (Phi) is 7.97. The van der Waals surface area contributed by atoms with Crippen molar-refractivity contribution in [2.75, 3.05) is 19.0 Å². The van der Waals surface area contributed by atoms with Gasteiger partial charge in [0.25, 0.3) is 11.5 Å². The number of methoxy groups -OCH3 is 1. The van der Waals surface area contributed by atoms with Crippen LogP contribution in [0.25, 0.3) is 22.3 Å². The number of hydrogen-bond donors (Lipinski definition) is 1. The molecule has 0 atom stereocenters. The minimum atomic E-state index is -0.545. The Morgan fingerprint density at radius 3 is 2.52 bits per heavy atom. The van der Waals surface area contributed by atoms with Crippen LogP contribution < -0.4 is 20.3 Å². The Bertz CT molecular complexity index is 1790. The molecule has 40 heavy (non-hydrogen) atoms. The standard InChI is InChI=1S/C30H22BrFN4O4/c1-39-26-15-20(22(31)16-27(26)40-18-28(37)34-25-14-8-6-12-23(25)32)17-33-36-29(19-9-3-2-4-10-19)35-24-13-7-5-11-21(24)30(36)38/h2-17H,18H2,1H3,(H,34,37). The molecule has 0 saturated carbocycles. The van der Waals surface area contributed by atoms with Crippen molar-refractivity contribution in [3.63, 3.8) is 0 Å². The van der Waals surface area contributed by atoms with Crippen LogP contribution in [0.5, 0.6) is 11.5 Å². The van der Waals surface area contributed by atoms with Gasteiger partial charge >= 0.3 is 0 Å². The Labute approximate surface area is 236 Å². The molecule has 0 bridgehead atoms. The normalized spacial score (nSPS) is 11.1. The predicted molar refractivity (Wildman–Crippen MR) is 156 cm³/mol. The van der Waals surface area contributed by atoms with E-state index in [1.807, 2.05) is 36.4 Å². The molecule has 1 aromatic heterocycles. The molecule has 8 nitrogen and oxygen atoms in total. The molecule has 0 saturated heterocycles. The van der Waals surface area contributed by atoms with Gasteiger partial charge in [0.05, 0.1) is 29.9 Å². The number of para-hydroxylation sites is 2. The van der Waals surface area contributed by atoms with Gasteiger partial charge in [0, 0.05) is 15.6 Å². The Balaban J connectivity index is 1.43. The van der Waals surface area contributed by atoms with Crippen LogP contribution in [0.2, 0.25) is 0 Å². The first-order valence-electron chi connectivity index (χ1n) is 12.1. The summed E-state index contributed by atoms with van der Waals surface area (Å²) in [6.07, 6.45) is 1.51. The summed E-state index contributed by atoms with van der Waals surface area (Å²) >= 11 is 3.50. The van der Waals surface area contributed by atoms with Crippen molar-refractivity contribution in [1.82, 2.24) is 9.66 Å². The van der Waals surface area contributed by atoms with Gasteiger partial charge in [-0.3, -0.25) is 9.59 Å². The zero-order chi connectivity index (χ0) is 28.1. The first-order valence-corrected chi connectivity index (χ1v) is 12.9. The first kappa shape index (κ1) is 26.8. The summed E-state index contributed by atoms with van der Waals surface area (Å²) in [6.45, 7) is -0.372. The van der Waals surface area contributed by atoms with Crippen molar-refractivity contribution >= 4 is 44.6 Å². The summed E-state index contributed by atoms with van der Waals surface area (Å²) in [5.74, 6) is -0.0775. The highest BCUT2D eigenvalue weighted by Crippen LogP contribution is 2.33. The van der Waals surface area contributed by atoms with Crippen molar-refractivity contribution in [2.45, 2.75) is 0 Å². The van der Waals surface area contributed by atoms with Crippen LogP contribution in [0.1, 0.15) is 5.56 Å². The quantitative estimate of drug-likeness (QED) is 0.225. The third-order valence-electron chi connectivity index (χ3n) is 5.89. The van der Waals surface area contributed by atoms with E-state index < -0.39 is 11.7 Å². The van der Waals surface area contributed by atoms with Crippen LogP contribution in [0.3, 0.4) is 0 Å². The van der Waals surface area contributed by atoms with E-state index in [1.165, 1.54) is 36.2 Å². The van der Waals surface area contributed by atoms with Crippen molar-refractivity contribution in [1.29, 1.82) is 0 Å². The van der Waals surface area contributed by atoms with Gasteiger partial charge in [-0.05, 0) is 52.3 Å². The molecule has 0 spiro atoms. The second-order valence-corrected chi connectivity index (χ2v) is 9.38. The van der Waals surface area contributed by atoms with E-state index >= 15 is 0 Å². The zero-order valence-electron chi connectivity index (χ0n) is 21.2. The van der Waals surface area contributed by atoms with E-state index in [-0.39, 0.29) is 23.6 Å². The number of halogens is 2. The van der Waals surface area contributed by atoms with Gasteiger partial charge in [0.15, 0.2) is 23.9 Å². The van der Waals surface area contributed by atoms with Crippen LogP contribution >= 0.6 is 15.9 Å². The molecule has 5 rings (SSSR count). The second kappa shape index (κ2) is 11.9. The summed E-state index contributed by atoms with van der Waals surface area (Å²) in [4.78, 5) is 30.4. The number of ether oxygens (including phenoxy) is 2. The summed E-state index contributed by atoms with van der Waals surface area (Å²) in [5.41, 5.74) is 1.63. The van der Waals surface area contributed by atoms with E-state index in [2.05, 4.69) is 26.3 Å². The second-order valence-electron chi connectivity index (χ2n) is 8.52. The number of aromatic nitrogens is 2. The van der Waals surface area contributed by atoms with Crippen LogP contribution in [-0.4, -0.2) is 35.5 Å². The number of nitrogens with zero attached hydrogens (tertiary/aromatic N) is 3. The maximum Gasteiger partial charge on any atom is 0.282 e. The number of hydrogen-bond acceptors (Lipinski definition) is 6. The molecular formula is C30H22BrFN4O4. The topological polar surface area (TPSA) is 94.8 Å². The molecule has 4 aromatic carbocycles. The molecule has 0 aliphatic carbocycles. The number of benzene rings is 4. The minimum Gasteiger partial charge on any atom is -0.493 e. The predicted octanol–water partition coefficient (Wildman–Crippen LogP) is 5.87. The van der Waals surface area contributed by atoms with Gasteiger partial charge in [0.1, 0.15) is 5.82 Å². The summed E-state index contributed by atoms with van der Waals surface area (Å²) in [7, 11) is 1.46. The fourth-order valence-electron chi connectivity index (χ4n) is 3.94. The number of nitrogens with one attached hydrogen (secondary N) is 1. The van der Waals surface area contributed by atoms with Gasteiger partial charge in [-0.25, -0.2) is 9.37 Å². The number of carbonyl (C=O) groups is 1. The number of fused-ring (bicyclic) bond motifs is 1. The lowest BCUT2D eigenvalue weighted by Crippen LogP contribution is -2.21. The smallest absolute Gasteiger partial charge is 0.282 e. The summed E-state index contributed by atoms with van der Waals surface area (Å²) in [5, 5.41) is 7.39.